The average Bonchev–Trinajstić information content (AvgIpc) is 2.56. The molecular weight excluding hydrogens is 440 g/mol. The van der Waals surface area contributed by atoms with Crippen molar-refractivity contribution < 1.29 is 45.3 Å². The molecule has 0 saturated carbocycles. The van der Waals surface area contributed by atoms with Crippen molar-refractivity contribution in [3.63, 3.8) is 0 Å². The number of nitrogens with two attached hydrogens (primary N) is 2. The zero-order chi connectivity index (χ0) is 24.2. The van der Waals surface area contributed by atoms with Crippen molar-refractivity contribution in [1.82, 2.24) is 0 Å². The summed E-state index contributed by atoms with van der Waals surface area (Å²) in [6.07, 6.45) is -11.2. The highest BCUT2D eigenvalue weighted by molar-refractivity contribution is 5.55. The third-order valence-corrected chi connectivity index (χ3v) is 4.97. The van der Waals surface area contributed by atoms with Crippen LogP contribution in [0.3, 0.4) is 0 Å². The van der Waals surface area contributed by atoms with Crippen LogP contribution in [0.4, 0.5) is 46.5 Å². The third-order valence-electron chi connectivity index (χ3n) is 4.97. The molecular formula is C19H18F8N2O2. The van der Waals surface area contributed by atoms with Crippen LogP contribution in [0.5, 0.6) is 0 Å². The van der Waals surface area contributed by atoms with Crippen molar-refractivity contribution in [3.05, 3.63) is 58.2 Å². The van der Waals surface area contributed by atoms with Gasteiger partial charge in [-0.05, 0) is 49.2 Å². The Morgan fingerprint density at radius 1 is 0.677 bits per heavy atom. The fourth-order valence-corrected chi connectivity index (χ4v) is 2.89. The van der Waals surface area contributed by atoms with Gasteiger partial charge in [-0.3, -0.25) is 0 Å². The number of aliphatic hydroxyl groups is 2. The van der Waals surface area contributed by atoms with E-state index in [2.05, 4.69) is 0 Å². The Morgan fingerprint density at radius 2 is 0.968 bits per heavy atom. The van der Waals surface area contributed by atoms with Crippen molar-refractivity contribution in [2.45, 2.75) is 43.8 Å². The highest BCUT2D eigenvalue weighted by Gasteiger charge is 2.53. The van der Waals surface area contributed by atoms with Crippen LogP contribution in [0, 0.1) is 11.6 Å². The second-order valence-corrected chi connectivity index (χ2v) is 7.38. The topological polar surface area (TPSA) is 92.5 Å². The van der Waals surface area contributed by atoms with Crippen molar-refractivity contribution in [1.29, 1.82) is 0 Å². The summed E-state index contributed by atoms with van der Waals surface area (Å²) in [5.74, 6) is -2.36. The van der Waals surface area contributed by atoms with E-state index in [0.717, 1.165) is 0 Å². The fourth-order valence-electron chi connectivity index (χ4n) is 2.89. The smallest absolute Gasteiger partial charge is 0.398 e. The first-order valence-electron chi connectivity index (χ1n) is 8.55. The van der Waals surface area contributed by atoms with E-state index in [1.807, 2.05) is 0 Å². The van der Waals surface area contributed by atoms with Crippen LogP contribution in [0.1, 0.15) is 36.1 Å². The number of anilines is 2. The number of nitrogen functional groups attached to an aromatic ring is 2. The van der Waals surface area contributed by atoms with Crippen LogP contribution in [-0.4, -0.2) is 22.6 Å². The Labute approximate surface area is 171 Å². The zero-order valence-corrected chi connectivity index (χ0v) is 16.1. The second-order valence-electron chi connectivity index (χ2n) is 7.38. The highest BCUT2D eigenvalue weighted by Crippen LogP contribution is 2.43. The first-order valence-corrected chi connectivity index (χ1v) is 8.55. The number of rotatable bonds is 4. The van der Waals surface area contributed by atoms with Gasteiger partial charge in [-0.15, -0.1) is 0 Å². The molecule has 2 rings (SSSR count). The van der Waals surface area contributed by atoms with Crippen LogP contribution in [0.2, 0.25) is 0 Å². The Balaban J connectivity index is 2.62. The van der Waals surface area contributed by atoms with Gasteiger partial charge in [-0.1, -0.05) is 0 Å². The van der Waals surface area contributed by atoms with Gasteiger partial charge in [-0.25, -0.2) is 8.78 Å². The first kappa shape index (κ1) is 24.7. The van der Waals surface area contributed by atoms with Gasteiger partial charge in [0.1, 0.15) is 11.6 Å². The molecule has 6 N–H and O–H groups in total. The minimum atomic E-state index is -5.19. The molecule has 2 atom stereocenters. The van der Waals surface area contributed by atoms with Gasteiger partial charge < -0.3 is 21.7 Å². The Kier molecular flexibility index (Phi) is 5.98. The first-order chi connectivity index (χ1) is 13.8. The van der Waals surface area contributed by atoms with Crippen LogP contribution in [-0.2, 0) is 17.6 Å². The van der Waals surface area contributed by atoms with Gasteiger partial charge in [0.25, 0.3) is 0 Å². The molecule has 0 aromatic heterocycles. The average molecular weight is 458 g/mol. The lowest BCUT2D eigenvalue weighted by molar-refractivity contribution is -0.258. The quantitative estimate of drug-likeness (QED) is 0.407. The number of hydrogen-bond acceptors (Lipinski definition) is 4. The molecule has 2 unspecified atom stereocenters. The van der Waals surface area contributed by atoms with Crippen LogP contribution < -0.4 is 11.5 Å². The maximum absolute atomic E-state index is 14.3. The van der Waals surface area contributed by atoms with Crippen LogP contribution in [0.15, 0.2) is 24.3 Å². The summed E-state index contributed by atoms with van der Waals surface area (Å²) in [7, 11) is 0. The van der Waals surface area contributed by atoms with E-state index in [0.29, 0.717) is 38.1 Å². The van der Waals surface area contributed by atoms with Crippen molar-refractivity contribution >= 4 is 11.4 Å². The maximum atomic E-state index is 14.3. The molecule has 0 saturated heterocycles. The standard InChI is InChI=1S/C19H18F8N2O2/c1-16(30,18(22,23)24)10-4-8(12(20)6-14(10)28)3-9-5-11(15(29)7-13(9)21)17(2,31)19(25,26)27/h4-7,30-31H,3,28-29H2,1-2H3. The van der Waals surface area contributed by atoms with Crippen LogP contribution in [0.25, 0.3) is 0 Å². The fraction of sp³-hybridized carbons (Fsp3) is 0.368. The molecule has 0 fully saturated rings. The molecule has 0 heterocycles. The molecule has 2 aromatic rings. The summed E-state index contributed by atoms with van der Waals surface area (Å²) in [6.45, 7) is 0.756. The number of benzene rings is 2. The van der Waals surface area contributed by atoms with Gasteiger partial charge in [0.2, 0.25) is 0 Å². The molecule has 31 heavy (non-hydrogen) atoms. The third kappa shape index (κ3) is 4.40. The minimum absolute atomic E-state index is 0.378. The SMILES string of the molecule is CC(O)(c1cc(Cc2cc(C(C)(O)C(F)(F)F)c(N)cc2F)c(F)cc1N)C(F)(F)F. The number of alkyl halides is 6. The van der Waals surface area contributed by atoms with E-state index in [1.54, 1.807) is 0 Å². The predicted molar refractivity (Wildman–Crippen MR) is 95.7 cm³/mol. The molecule has 0 aliphatic rings. The molecule has 0 aliphatic heterocycles. The summed E-state index contributed by atoms with van der Waals surface area (Å²) in [5, 5.41) is 19.7. The van der Waals surface area contributed by atoms with Gasteiger partial charge in [0.15, 0.2) is 11.2 Å². The van der Waals surface area contributed by atoms with Crippen molar-refractivity contribution in [3.8, 4) is 0 Å². The Morgan fingerprint density at radius 3 is 1.23 bits per heavy atom. The van der Waals surface area contributed by atoms with Gasteiger partial charge in [0, 0.05) is 28.9 Å². The number of halogens is 8. The molecule has 4 nitrogen and oxygen atoms in total. The zero-order valence-electron chi connectivity index (χ0n) is 16.1. The second kappa shape index (κ2) is 7.52. The lowest BCUT2D eigenvalue weighted by Crippen LogP contribution is -2.40. The molecule has 12 heteroatoms. The minimum Gasteiger partial charge on any atom is -0.398 e. The van der Waals surface area contributed by atoms with E-state index in [1.165, 1.54) is 0 Å². The van der Waals surface area contributed by atoms with Gasteiger partial charge in [0.05, 0.1) is 0 Å². The Bertz CT molecular complexity index is 918. The summed E-state index contributed by atoms with van der Waals surface area (Å²) >= 11 is 0. The molecule has 0 bridgehead atoms. The van der Waals surface area contributed by atoms with Gasteiger partial charge in [-0.2, -0.15) is 26.3 Å². The molecule has 0 spiro atoms. The summed E-state index contributed by atoms with van der Waals surface area (Å²) in [5.41, 5.74) is -0.658. The van der Waals surface area contributed by atoms with E-state index < -0.39 is 75.2 Å². The predicted octanol–water partition coefficient (Wildman–Crippen LogP) is 4.26. The van der Waals surface area contributed by atoms with E-state index in [-0.39, 0.29) is 0 Å². The molecule has 0 radical (unpaired) electrons. The number of hydrogen-bond donors (Lipinski definition) is 4. The largest absolute Gasteiger partial charge is 0.421 e. The summed E-state index contributed by atoms with van der Waals surface area (Å²) < 4.78 is 108. The molecule has 172 valence electrons. The van der Waals surface area contributed by atoms with Crippen molar-refractivity contribution in [2.75, 3.05) is 11.5 Å². The molecule has 0 amide bonds. The monoisotopic (exact) mass is 458 g/mol. The molecule has 0 aliphatic carbocycles. The van der Waals surface area contributed by atoms with E-state index in [9.17, 15) is 45.3 Å². The summed E-state index contributed by atoms with van der Waals surface area (Å²) in [4.78, 5) is 0. The normalized spacial score (nSPS) is 16.6. The summed E-state index contributed by atoms with van der Waals surface area (Å²) in [6, 6.07) is 2.06. The van der Waals surface area contributed by atoms with Gasteiger partial charge >= 0.3 is 12.4 Å². The maximum Gasteiger partial charge on any atom is 0.421 e. The van der Waals surface area contributed by atoms with Crippen LogP contribution >= 0.6 is 0 Å². The molecule has 2 aromatic carbocycles. The highest BCUT2D eigenvalue weighted by atomic mass is 19.4. The van der Waals surface area contributed by atoms with E-state index in [4.69, 9.17) is 11.5 Å². The lowest BCUT2D eigenvalue weighted by atomic mass is 9.88. The lowest BCUT2D eigenvalue weighted by Gasteiger charge is -2.29. The van der Waals surface area contributed by atoms with E-state index >= 15 is 0 Å². The van der Waals surface area contributed by atoms with Crippen molar-refractivity contribution in [2.24, 2.45) is 0 Å². The Hall–Kier alpha value is -2.60.